The Morgan fingerprint density at radius 1 is 1.00 bits per heavy atom. The molecule has 1 heterocycles. The quantitative estimate of drug-likeness (QED) is 0.558. The average Bonchev–Trinajstić information content (AvgIpc) is 2.54. The van der Waals surface area contributed by atoms with Gasteiger partial charge in [0.05, 0.1) is 10.0 Å². The third kappa shape index (κ3) is 6.48. The lowest BCUT2D eigenvalue weighted by Gasteiger charge is -2.38. The van der Waals surface area contributed by atoms with Crippen LogP contribution in [0.25, 0.3) is 0 Å². The molecule has 0 bridgehead atoms. The first-order chi connectivity index (χ1) is 10.6. The number of halogens is 2. The molecule has 0 atom stereocenters. The van der Waals surface area contributed by atoms with E-state index in [4.69, 9.17) is 27.9 Å². The van der Waals surface area contributed by atoms with Crippen molar-refractivity contribution in [3.05, 3.63) is 33.8 Å². The van der Waals surface area contributed by atoms with Gasteiger partial charge >= 0.3 is 0 Å². The Morgan fingerprint density at radius 3 is 2.00 bits per heavy atom. The Kier molecular flexibility index (Phi) is 12.1. The van der Waals surface area contributed by atoms with Gasteiger partial charge in [-0.1, -0.05) is 76.7 Å². The Bertz CT molecular complexity index is 393. The highest BCUT2D eigenvalue weighted by molar-refractivity contribution is 6.42. The van der Waals surface area contributed by atoms with E-state index in [2.05, 4.69) is 26.8 Å². The first kappa shape index (κ1) is 21.8. The summed E-state index contributed by atoms with van der Waals surface area (Å²) in [5, 5.41) is 1.29. The monoisotopic (exact) mass is 346 g/mol. The van der Waals surface area contributed by atoms with Crippen molar-refractivity contribution in [2.24, 2.45) is 0 Å². The van der Waals surface area contributed by atoms with E-state index < -0.39 is 0 Å². The second-order valence-electron chi connectivity index (χ2n) is 5.48. The summed E-state index contributed by atoms with van der Waals surface area (Å²) in [7, 11) is 0. The van der Waals surface area contributed by atoms with Crippen molar-refractivity contribution in [3.63, 3.8) is 0 Å². The van der Waals surface area contributed by atoms with Crippen LogP contribution in [0.3, 0.4) is 0 Å². The predicted octanol–water partition coefficient (Wildman–Crippen LogP) is 7.28. The van der Waals surface area contributed by atoms with E-state index >= 15 is 0 Å². The summed E-state index contributed by atoms with van der Waals surface area (Å²) in [4.78, 5) is 0. The smallest absolute Gasteiger partial charge is 0.0595 e. The number of hydrogen-bond acceptors (Lipinski definition) is 1. The fraction of sp³-hybridized carbons (Fsp3) is 0.684. The average molecular weight is 347 g/mol. The molecule has 1 nitrogen and oxygen atoms in total. The molecule has 0 radical (unpaired) electrons. The Hall–Kier alpha value is -0.240. The molecule has 0 saturated carbocycles. The lowest BCUT2D eigenvalue weighted by atomic mass is 9.71. The van der Waals surface area contributed by atoms with Crippen molar-refractivity contribution in [2.75, 3.05) is 13.2 Å². The van der Waals surface area contributed by atoms with E-state index in [0.29, 0.717) is 10.0 Å². The van der Waals surface area contributed by atoms with Gasteiger partial charge in [-0.2, -0.15) is 0 Å². The maximum absolute atomic E-state index is 6.13. The van der Waals surface area contributed by atoms with Crippen molar-refractivity contribution in [3.8, 4) is 0 Å². The van der Waals surface area contributed by atoms with Crippen LogP contribution in [0.1, 0.15) is 72.3 Å². The van der Waals surface area contributed by atoms with E-state index in [9.17, 15) is 0 Å². The number of benzene rings is 1. The van der Waals surface area contributed by atoms with Gasteiger partial charge in [-0.3, -0.25) is 0 Å². The number of ether oxygens (including phenoxy) is 1. The molecule has 0 unspecified atom stereocenters. The molecule has 128 valence electrons. The van der Waals surface area contributed by atoms with Gasteiger partial charge in [-0.25, -0.2) is 0 Å². The van der Waals surface area contributed by atoms with Crippen LogP contribution in [0.2, 0.25) is 10.0 Å². The van der Waals surface area contributed by atoms with Crippen LogP contribution in [0.5, 0.6) is 0 Å². The summed E-state index contributed by atoms with van der Waals surface area (Å²) in [6.07, 6.45) is 5.78. The van der Waals surface area contributed by atoms with E-state index in [1.54, 1.807) is 0 Å². The summed E-state index contributed by atoms with van der Waals surface area (Å²) >= 11 is 12.1. The summed E-state index contributed by atoms with van der Waals surface area (Å²) < 4.78 is 5.49. The van der Waals surface area contributed by atoms with Gasteiger partial charge in [-0.15, -0.1) is 0 Å². The van der Waals surface area contributed by atoms with Crippen LogP contribution >= 0.6 is 23.2 Å². The van der Waals surface area contributed by atoms with Gasteiger partial charge in [0.15, 0.2) is 0 Å². The molecule has 1 aromatic rings. The molecule has 1 aromatic carbocycles. The summed E-state index contributed by atoms with van der Waals surface area (Å²) in [5.74, 6) is 0. The van der Waals surface area contributed by atoms with Crippen molar-refractivity contribution in [1.82, 2.24) is 0 Å². The van der Waals surface area contributed by atoms with E-state index in [-0.39, 0.29) is 5.41 Å². The summed E-state index contributed by atoms with van der Waals surface area (Å²) in [5.41, 5.74) is 1.55. The second-order valence-corrected chi connectivity index (χ2v) is 6.29. The minimum absolute atomic E-state index is 0.237. The molecule has 22 heavy (non-hydrogen) atoms. The third-order valence-electron chi connectivity index (χ3n) is 3.71. The van der Waals surface area contributed by atoms with Gasteiger partial charge in [-0.05, 0) is 42.4 Å². The van der Waals surface area contributed by atoms with Gasteiger partial charge in [0.25, 0.3) is 0 Å². The molecule has 1 saturated heterocycles. The molecular weight excluding hydrogens is 315 g/mol. The Labute approximate surface area is 147 Å². The highest BCUT2D eigenvalue weighted by atomic mass is 35.5. The standard InChI is InChI=1S/C14H18Cl2O.C3H8.C2H6/c1-2-5-14(6-8-17-9-7-14)11-3-4-12(15)13(16)10-11;1-3-2;1-2/h3-4,10H,2,5-9H2,1H3;3H2,1-2H3;1-2H3. The zero-order valence-electron chi connectivity index (χ0n) is 14.8. The normalized spacial score (nSPS) is 16.0. The van der Waals surface area contributed by atoms with Crippen molar-refractivity contribution >= 4 is 23.2 Å². The summed E-state index contributed by atoms with van der Waals surface area (Å²) in [6, 6.07) is 6.06. The van der Waals surface area contributed by atoms with E-state index in [1.807, 2.05) is 26.0 Å². The van der Waals surface area contributed by atoms with Gasteiger partial charge in [0, 0.05) is 13.2 Å². The lowest BCUT2D eigenvalue weighted by Crippen LogP contribution is -2.33. The van der Waals surface area contributed by atoms with Crippen molar-refractivity contribution < 1.29 is 4.74 Å². The molecule has 0 aliphatic carbocycles. The van der Waals surface area contributed by atoms with Crippen LogP contribution < -0.4 is 0 Å². The zero-order chi connectivity index (χ0) is 17.0. The molecule has 0 spiro atoms. The van der Waals surface area contributed by atoms with Crippen LogP contribution in [-0.4, -0.2) is 13.2 Å². The minimum Gasteiger partial charge on any atom is -0.381 e. The predicted molar refractivity (Wildman–Crippen MR) is 100 cm³/mol. The van der Waals surface area contributed by atoms with Crippen LogP contribution in [0.15, 0.2) is 18.2 Å². The highest BCUT2D eigenvalue weighted by Gasteiger charge is 2.33. The Balaban J connectivity index is 0.000000789. The maximum Gasteiger partial charge on any atom is 0.0595 e. The largest absolute Gasteiger partial charge is 0.381 e. The summed E-state index contributed by atoms with van der Waals surface area (Å²) in [6.45, 7) is 12.2. The second kappa shape index (κ2) is 12.2. The van der Waals surface area contributed by atoms with E-state index in [1.165, 1.54) is 24.8 Å². The molecule has 1 aliphatic rings. The lowest BCUT2D eigenvalue weighted by molar-refractivity contribution is 0.0465. The van der Waals surface area contributed by atoms with Crippen molar-refractivity contribution in [1.29, 1.82) is 0 Å². The van der Waals surface area contributed by atoms with Gasteiger partial charge < -0.3 is 4.74 Å². The van der Waals surface area contributed by atoms with Crippen LogP contribution in [0.4, 0.5) is 0 Å². The molecule has 0 N–H and O–H groups in total. The van der Waals surface area contributed by atoms with Crippen LogP contribution in [-0.2, 0) is 10.2 Å². The van der Waals surface area contributed by atoms with Gasteiger partial charge in [0.2, 0.25) is 0 Å². The van der Waals surface area contributed by atoms with E-state index in [0.717, 1.165) is 26.1 Å². The molecular formula is C19H32Cl2O. The minimum atomic E-state index is 0.237. The first-order valence-electron chi connectivity index (χ1n) is 8.63. The molecule has 0 aromatic heterocycles. The van der Waals surface area contributed by atoms with Gasteiger partial charge in [0.1, 0.15) is 0 Å². The molecule has 3 heteroatoms. The van der Waals surface area contributed by atoms with Crippen LogP contribution in [0, 0.1) is 0 Å². The molecule has 2 rings (SSSR count). The topological polar surface area (TPSA) is 9.23 Å². The van der Waals surface area contributed by atoms with Crippen molar-refractivity contribution in [2.45, 2.75) is 72.1 Å². The maximum atomic E-state index is 6.13. The fourth-order valence-electron chi connectivity index (χ4n) is 2.75. The third-order valence-corrected chi connectivity index (χ3v) is 4.45. The first-order valence-corrected chi connectivity index (χ1v) is 9.38. The number of hydrogen-bond donors (Lipinski definition) is 0. The fourth-order valence-corrected chi connectivity index (χ4v) is 3.05. The zero-order valence-corrected chi connectivity index (χ0v) is 16.4. The Morgan fingerprint density at radius 2 is 1.55 bits per heavy atom. The molecule has 0 amide bonds. The number of rotatable bonds is 3. The molecule has 1 aliphatic heterocycles. The SMILES string of the molecule is CC.CCC.CCCC1(c2ccc(Cl)c(Cl)c2)CCOCC1. The molecule has 1 fully saturated rings. The highest BCUT2D eigenvalue weighted by Crippen LogP contribution is 2.40.